The van der Waals surface area contributed by atoms with E-state index in [0.717, 1.165) is 19.3 Å². The molecule has 0 radical (unpaired) electrons. The van der Waals surface area contributed by atoms with Gasteiger partial charge in [0.05, 0.1) is 27.7 Å². The number of carbonyl (C=O) groups excluding carboxylic acids is 1. The normalized spacial score (nSPS) is 14.0. The molecule has 28 heavy (non-hydrogen) atoms. The van der Waals surface area contributed by atoms with Gasteiger partial charge in [0.15, 0.2) is 0 Å². The number of carbonyl (C=O) groups is 1. The Hall–Kier alpha value is -0.420. The van der Waals surface area contributed by atoms with E-state index >= 15 is 0 Å². The van der Waals surface area contributed by atoms with Gasteiger partial charge in [-0.2, -0.15) is 0 Å². The van der Waals surface area contributed by atoms with Crippen LogP contribution < -0.4 is 0 Å². The molecular formula is C21H45NO5P+. The minimum absolute atomic E-state index is 0.174. The van der Waals surface area contributed by atoms with Crippen molar-refractivity contribution in [3.8, 4) is 0 Å². The van der Waals surface area contributed by atoms with E-state index in [1.54, 1.807) is 6.92 Å². The zero-order valence-electron chi connectivity index (χ0n) is 19.0. The van der Waals surface area contributed by atoms with E-state index in [-0.39, 0.29) is 19.6 Å². The average molecular weight is 423 g/mol. The fourth-order valence-corrected chi connectivity index (χ4v) is 3.92. The Kier molecular flexibility index (Phi) is 16.1. The fourth-order valence-electron chi connectivity index (χ4n) is 2.78. The number of likely N-dealkylation sites (N-methyl/N-ethyl adjacent to an activating group) is 1. The van der Waals surface area contributed by atoms with Crippen LogP contribution in [0, 0.1) is 0 Å². The van der Waals surface area contributed by atoms with Crippen molar-refractivity contribution in [2.45, 2.75) is 90.9 Å². The van der Waals surface area contributed by atoms with Crippen molar-refractivity contribution in [1.29, 1.82) is 0 Å². The highest BCUT2D eigenvalue weighted by Crippen LogP contribution is 2.49. The van der Waals surface area contributed by atoms with Crippen molar-refractivity contribution in [1.82, 2.24) is 0 Å². The summed E-state index contributed by atoms with van der Waals surface area (Å²) >= 11 is 0. The third-order valence-electron chi connectivity index (χ3n) is 4.50. The molecule has 0 bridgehead atoms. The first kappa shape index (κ1) is 27.6. The second-order valence-electron chi connectivity index (χ2n) is 8.46. The van der Waals surface area contributed by atoms with Crippen molar-refractivity contribution < 1.29 is 27.4 Å². The Morgan fingerprint density at radius 3 is 1.75 bits per heavy atom. The van der Waals surface area contributed by atoms with E-state index in [1.807, 2.05) is 21.1 Å². The van der Waals surface area contributed by atoms with Crippen LogP contribution in [-0.2, 0) is 22.9 Å². The SMILES string of the molecule is CCCCCCCCCCCCCC(=O)OP(=O)(OCC)OCC[N+](C)(C)C. The number of quaternary nitrogens is 1. The molecule has 0 aliphatic rings. The van der Waals surface area contributed by atoms with Gasteiger partial charge in [-0.1, -0.05) is 71.1 Å². The van der Waals surface area contributed by atoms with Gasteiger partial charge in [0.2, 0.25) is 0 Å². The number of nitrogens with zero attached hydrogens (tertiary/aromatic N) is 1. The first-order chi connectivity index (χ1) is 13.2. The highest BCUT2D eigenvalue weighted by atomic mass is 31.2. The molecule has 0 heterocycles. The summed E-state index contributed by atoms with van der Waals surface area (Å²) in [4.78, 5) is 12.0. The van der Waals surface area contributed by atoms with Crippen molar-refractivity contribution in [2.75, 3.05) is 40.9 Å². The minimum Gasteiger partial charge on any atom is -0.370 e. The van der Waals surface area contributed by atoms with Crippen LogP contribution in [0.1, 0.15) is 90.9 Å². The van der Waals surface area contributed by atoms with Crippen molar-refractivity contribution in [3.63, 3.8) is 0 Å². The maximum Gasteiger partial charge on any atom is 0.532 e. The summed E-state index contributed by atoms with van der Waals surface area (Å²) in [6.45, 7) is 4.98. The molecule has 7 heteroatoms. The fraction of sp³-hybridized carbons (Fsp3) is 0.952. The lowest BCUT2D eigenvalue weighted by atomic mass is 10.1. The van der Waals surface area contributed by atoms with Crippen LogP contribution in [0.25, 0.3) is 0 Å². The zero-order chi connectivity index (χ0) is 21.3. The monoisotopic (exact) mass is 422 g/mol. The largest absolute Gasteiger partial charge is 0.532 e. The molecule has 0 aromatic rings. The number of rotatable bonds is 19. The van der Waals surface area contributed by atoms with Gasteiger partial charge in [-0.15, -0.1) is 0 Å². The molecule has 0 N–H and O–H groups in total. The van der Waals surface area contributed by atoms with Gasteiger partial charge in [0, 0.05) is 6.42 Å². The van der Waals surface area contributed by atoms with Crippen molar-refractivity contribution in [3.05, 3.63) is 0 Å². The summed E-state index contributed by atoms with van der Waals surface area (Å²) in [5.74, 6) is -0.502. The van der Waals surface area contributed by atoms with Gasteiger partial charge >= 0.3 is 13.8 Å². The molecule has 0 aromatic heterocycles. The molecule has 0 spiro atoms. The molecule has 168 valence electrons. The maximum absolute atomic E-state index is 12.5. The van der Waals surface area contributed by atoms with Crippen molar-refractivity contribution >= 4 is 13.8 Å². The summed E-state index contributed by atoms with van der Waals surface area (Å²) in [5, 5.41) is 0. The van der Waals surface area contributed by atoms with Crippen LogP contribution in [0.2, 0.25) is 0 Å². The summed E-state index contributed by atoms with van der Waals surface area (Å²) in [6.07, 6.45) is 13.6. The van der Waals surface area contributed by atoms with Crippen LogP contribution in [0.4, 0.5) is 0 Å². The lowest BCUT2D eigenvalue weighted by Gasteiger charge is -2.24. The Morgan fingerprint density at radius 1 is 0.786 bits per heavy atom. The molecule has 1 unspecified atom stereocenters. The molecule has 0 saturated carbocycles. The van der Waals surface area contributed by atoms with E-state index in [9.17, 15) is 9.36 Å². The van der Waals surface area contributed by atoms with Gasteiger partial charge in [0.25, 0.3) is 0 Å². The molecule has 0 rings (SSSR count). The predicted molar refractivity (Wildman–Crippen MR) is 115 cm³/mol. The predicted octanol–water partition coefficient (Wildman–Crippen LogP) is 6.10. The Morgan fingerprint density at radius 2 is 1.29 bits per heavy atom. The average Bonchev–Trinajstić information content (AvgIpc) is 2.58. The maximum atomic E-state index is 12.5. The number of phosphoric acid groups is 1. The van der Waals surface area contributed by atoms with Gasteiger partial charge < -0.3 is 9.01 Å². The summed E-state index contributed by atoms with van der Waals surface area (Å²) < 4.78 is 28.6. The van der Waals surface area contributed by atoms with E-state index in [1.165, 1.54) is 51.4 Å². The molecule has 0 fully saturated rings. The lowest BCUT2D eigenvalue weighted by Crippen LogP contribution is -2.37. The molecule has 0 amide bonds. The third-order valence-corrected chi connectivity index (χ3v) is 6.00. The van der Waals surface area contributed by atoms with E-state index in [0.29, 0.717) is 11.0 Å². The highest BCUT2D eigenvalue weighted by molar-refractivity contribution is 7.49. The van der Waals surface area contributed by atoms with E-state index in [4.69, 9.17) is 13.6 Å². The van der Waals surface area contributed by atoms with Crippen LogP contribution in [0.5, 0.6) is 0 Å². The molecule has 0 aromatic carbocycles. The van der Waals surface area contributed by atoms with E-state index < -0.39 is 13.8 Å². The molecule has 1 atom stereocenters. The van der Waals surface area contributed by atoms with Gasteiger partial charge in [-0.3, -0.25) is 13.8 Å². The Labute approximate surface area is 173 Å². The topological polar surface area (TPSA) is 61.8 Å². The second-order valence-corrected chi connectivity index (χ2v) is 10.1. The van der Waals surface area contributed by atoms with Crippen LogP contribution >= 0.6 is 7.82 Å². The number of hydrogen-bond acceptors (Lipinski definition) is 5. The van der Waals surface area contributed by atoms with Gasteiger partial charge in [-0.05, 0) is 13.3 Å². The molecule has 0 saturated heterocycles. The zero-order valence-corrected chi connectivity index (χ0v) is 19.9. The molecule has 0 aliphatic carbocycles. The highest BCUT2D eigenvalue weighted by Gasteiger charge is 2.31. The van der Waals surface area contributed by atoms with E-state index in [2.05, 4.69) is 6.92 Å². The van der Waals surface area contributed by atoms with Crippen LogP contribution in [-0.4, -0.2) is 51.4 Å². The van der Waals surface area contributed by atoms with Gasteiger partial charge in [-0.25, -0.2) is 4.57 Å². The Bertz CT molecular complexity index is 437. The molecule has 0 aliphatic heterocycles. The second kappa shape index (κ2) is 16.4. The third kappa shape index (κ3) is 17.7. The first-order valence-corrected chi connectivity index (χ1v) is 12.6. The number of phosphoric ester groups is 1. The number of unbranched alkanes of at least 4 members (excludes halogenated alkanes) is 10. The van der Waals surface area contributed by atoms with Gasteiger partial charge in [0.1, 0.15) is 13.2 Å². The smallest absolute Gasteiger partial charge is 0.370 e. The van der Waals surface area contributed by atoms with Crippen molar-refractivity contribution in [2.24, 2.45) is 0 Å². The lowest BCUT2D eigenvalue weighted by molar-refractivity contribution is -0.870. The summed E-state index contributed by atoms with van der Waals surface area (Å²) in [7, 11) is 2.22. The van der Waals surface area contributed by atoms with Crippen LogP contribution in [0.15, 0.2) is 0 Å². The molecule has 6 nitrogen and oxygen atoms in total. The quantitative estimate of drug-likeness (QED) is 0.143. The summed E-state index contributed by atoms with van der Waals surface area (Å²) in [6, 6.07) is 0. The standard InChI is InChI=1S/C21H45NO5P/c1-6-8-9-10-11-12-13-14-15-16-17-18-21(23)27-28(24,25-7-2)26-20-19-22(3,4)5/h6-20H2,1-5H3/q+1. The van der Waals surface area contributed by atoms with Crippen LogP contribution in [0.3, 0.4) is 0 Å². The molecular weight excluding hydrogens is 377 g/mol. The Balaban J connectivity index is 3.84. The minimum atomic E-state index is -3.80. The first-order valence-electron chi connectivity index (χ1n) is 11.1. The number of hydrogen-bond donors (Lipinski definition) is 0. The summed E-state index contributed by atoms with van der Waals surface area (Å²) in [5.41, 5.74) is 0.